The number of halogens is 1. The average molecular weight is 269 g/mol. The van der Waals surface area contributed by atoms with Crippen molar-refractivity contribution in [2.75, 3.05) is 6.54 Å². The molecule has 1 heterocycles. The van der Waals surface area contributed by atoms with Crippen LogP contribution in [0.2, 0.25) is 0 Å². The summed E-state index contributed by atoms with van der Waals surface area (Å²) in [5.74, 6) is -0.188. The lowest BCUT2D eigenvalue weighted by Crippen LogP contribution is -2.21. The van der Waals surface area contributed by atoms with Gasteiger partial charge >= 0.3 is 0 Å². The van der Waals surface area contributed by atoms with E-state index in [1.807, 2.05) is 36.4 Å². The predicted octanol–water partition coefficient (Wildman–Crippen LogP) is 4.27. The monoisotopic (exact) mass is 269 g/mol. The fraction of sp³-hybridized carbons (Fsp3) is 0.176. The zero-order valence-corrected chi connectivity index (χ0v) is 11.3. The Morgan fingerprint density at radius 1 is 1.10 bits per heavy atom. The van der Waals surface area contributed by atoms with E-state index in [2.05, 4.69) is 12.2 Å². The summed E-state index contributed by atoms with van der Waals surface area (Å²) in [6, 6.07) is 12.9. The minimum atomic E-state index is -0.188. The second-order valence-electron chi connectivity index (χ2n) is 4.73. The summed E-state index contributed by atoms with van der Waals surface area (Å²) < 4.78 is 19.1. The first-order valence-electron chi connectivity index (χ1n) is 6.74. The first kappa shape index (κ1) is 12.9. The van der Waals surface area contributed by atoms with E-state index in [4.69, 9.17) is 4.42 Å². The Hall–Kier alpha value is -2.13. The van der Waals surface area contributed by atoms with Crippen LogP contribution in [0.5, 0.6) is 0 Å². The summed E-state index contributed by atoms with van der Waals surface area (Å²) in [4.78, 5) is 0. The van der Waals surface area contributed by atoms with Crippen LogP contribution in [0.25, 0.3) is 10.8 Å². The molecule has 3 heteroatoms. The highest BCUT2D eigenvalue weighted by Crippen LogP contribution is 2.30. The molecular formula is C17H16FNO. The van der Waals surface area contributed by atoms with Crippen molar-refractivity contribution >= 4 is 10.8 Å². The van der Waals surface area contributed by atoms with E-state index in [0.29, 0.717) is 5.39 Å². The number of rotatable bonds is 4. The number of fused-ring (bicyclic) bond motifs is 1. The first-order chi connectivity index (χ1) is 9.81. The highest BCUT2D eigenvalue weighted by molar-refractivity contribution is 5.87. The quantitative estimate of drug-likeness (QED) is 0.765. The van der Waals surface area contributed by atoms with E-state index in [0.717, 1.165) is 23.1 Å². The molecule has 20 heavy (non-hydrogen) atoms. The van der Waals surface area contributed by atoms with Gasteiger partial charge < -0.3 is 9.73 Å². The molecule has 3 aromatic rings. The summed E-state index contributed by atoms with van der Waals surface area (Å²) in [5.41, 5.74) is 2.11. The highest BCUT2D eigenvalue weighted by Gasteiger charge is 2.17. The Morgan fingerprint density at radius 3 is 2.60 bits per heavy atom. The molecule has 0 saturated carbocycles. The van der Waals surface area contributed by atoms with Gasteiger partial charge in [-0.15, -0.1) is 0 Å². The van der Waals surface area contributed by atoms with Crippen molar-refractivity contribution in [1.82, 2.24) is 5.32 Å². The molecule has 0 fully saturated rings. The van der Waals surface area contributed by atoms with E-state index >= 15 is 0 Å². The highest BCUT2D eigenvalue weighted by atomic mass is 19.1. The van der Waals surface area contributed by atoms with Crippen LogP contribution in [0.15, 0.2) is 59.4 Å². The third-order valence-electron chi connectivity index (χ3n) is 3.50. The van der Waals surface area contributed by atoms with Crippen LogP contribution >= 0.6 is 0 Å². The molecule has 0 saturated heterocycles. The molecule has 0 amide bonds. The third kappa shape index (κ3) is 2.21. The fourth-order valence-corrected chi connectivity index (χ4v) is 2.59. The van der Waals surface area contributed by atoms with Crippen LogP contribution in [0, 0.1) is 5.82 Å². The van der Waals surface area contributed by atoms with Gasteiger partial charge in [0.05, 0.1) is 18.6 Å². The minimum Gasteiger partial charge on any atom is -0.472 e. The molecule has 1 atom stereocenters. The number of nitrogens with one attached hydrogen (secondary N) is 1. The van der Waals surface area contributed by atoms with Gasteiger partial charge in [0.2, 0.25) is 0 Å². The normalized spacial score (nSPS) is 12.7. The minimum absolute atomic E-state index is 0.00394. The maximum Gasteiger partial charge on any atom is 0.131 e. The number of benzene rings is 2. The van der Waals surface area contributed by atoms with Gasteiger partial charge in [0.1, 0.15) is 5.82 Å². The Labute approximate surface area is 117 Å². The van der Waals surface area contributed by atoms with Crippen LogP contribution in [-0.4, -0.2) is 6.54 Å². The van der Waals surface area contributed by atoms with Crippen LogP contribution in [0.3, 0.4) is 0 Å². The molecule has 102 valence electrons. The van der Waals surface area contributed by atoms with Crippen molar-refractivity contribution < 1.29 is 8.81 Å². The van der Waals surface area contributed by atoms with Crippen molar-refractivity contribution in [3.8, 4) is 0 Å². The van der Waals surface area contributed by atoms with Gasteiger partial charge in [-0.25, -0.2) is 4.39 Å². The van der Waals surface area contributed by atoms with Gasteiger partial charge in [0.25, 0.3) is 0 Å². The van der Waals surface area contributed by atoms with Gasteiger partial charge in [0.15, 0.2) is 0 Å². The third-order valence-corrected chi connectivity index (χ3v) is 3.50. The zero-order valence-electron chi connectivity index (χ0n) is 11.3. The molecule has 0 aliphatic heterocycles. The second kappa shape index (κ2) is 5.47. The zero-order chi connectivity index (χ0) is 13.9. The first-order valence-corrected chi connectivity index (χ1v) is 6.74. The van der Waals surface area contributed by atoms with Gasteiger partial charge in [-0.1, -0.05) is 37.3 Å². The number of furan rings is 1. The molecule has 0 spiro atoms. The lowest BCUT2D eigenvalue weighted by atomic mass is 9.95. The van der Waals surface area contributed by atoms with Crippen molar-refractivity contribution in [3.05, 3.63) is 71.9 Å². The maximum atomic E-state index is 13.9. The summed E-state index contributed by atoms with van der Waals surface area (Å²) in [6.45, 7) is 2.88. The van der Waals surface area contributed by atoms with Crippen molar-refractivity contribution in [1.29, 1.82) is 0 Å². The van der Waals surface area contributed by atoms with Crippen molar-refractivity contribution in [2.45, 2.75) is 13.0 Å². The van der Waals surface area contributed by atoms with Gasteiger partial charge in [-0.2, -0.15) is 0 Å². The van der Waals surface area contributed by atoms with Gasteiger partial charge in [-0.3, -0.25) is 0 Å². The molecule has 3 rings (SSSR count). The van der Waals surface area contributed by atoms with Gasteiger partial charge in [0, 0.05) is 10.9 Å². The molecular weight excluding hydrogens is 253 g/mol. The van der Waals surface area contributed by atoms with E-state index < -0.39 is 0 Å². The average Bonchev–Trinajstić information content (AvgIpc) is 3.00. The van der Waals surface area contributed by atoms with Crippen LogP contribution in [0.1, 0.15) is 24.1 Å². The van der Waals surface area contributed by atoms with Crippen LogP contribution in [0.4, 0.5) is 4.39 Å². The summed E-state index contributed by atoms with van der Waals surface area (Å²) >= 11 is 0. The van der Waals surface area contributed by atoms with Crippen LogP contribution in [-0.2, 0) is 0 Å². The molecule has 0 aliphatic rings. The molecule has 1 unspecified atom stereocenters. The largest absolute Gasteiger partial charge is 0.472 e. The SMILES string of the molecule is CCNC(c1ccoc1)c1ccc(F)c2ccccc12. The fourth-order valence-electron chi connectivity index (χ4n) is 2.59. The van der Waals surface area contributed by atoms with E-state index in [-0.39, 0.29) is 11.9 Å². The lowest BCUT2D eigenvalue weighted by molar-refractivity contribution is 0.553. The summed E-state index contributed by atoms with van der Waals surface area (Å²) in [6.07, 6.45) is 3.39. The Bertz CT molecular complexity index is 706. The molecule has 2 aromatic carbocycles. The Kier molecular flexibility index (Phi) is 3.52. The lowest BCUT2D eigenvalue weighted by Gasteiger charge is -2.19. The Balaban J connectivity index is 2.19. The maximum absolute atomic E-state index is 13.9. The Morgan fingerprint density at radius 2 is 1.90 bits per heavy atom. The molecule has 0 radical (unpaired) electrons. The molecule has 1 aromatic heterocycles. The molecule has 1 N–H and O–H groups in total. The van der Waals surface area contributed by atoms with Crippen LogP contribution < -0.4 is 5.32 Å². The van der Waals surface area contributed by atoms with Crippen molar-refractivity contribution in [3.63, 3.8) is 0 Å². The van der Waals surface area contributed by atoms with E-state index in [1.165, 1.54) is 6.07 Å². The smallest absolute Gasteiger partial charge is 0.131 e. The second-order valence-corrected chi connectivity index (χ2v) is 4.73. The molecule has 0 bridgehead atoms. The van der Waals surface area contributed by atoms with E-state index in [9.17, 15) is 4.39 Å². The molecule has 0 aliphatic carbocycles. The van der Waals surface area contributed by atoms with Crippen molar-refractivity contribution in [2.24, 2.45) is 0 Å². The summed E-state index contributed by atoms with van der Waals surface area (Å²) in [5, 5.41) is 5.01. The van der Waals surface area contributed by atoms with E-state index in [1.54, 1.807) is 12.5 Å². The predicted molar refractivity (Wildman–Crippen MR) is 78.1 cm³/mol. The number of hydrogen-bond donors (Lipinski definition) is 1. The van der Waals surface area contributed by atoms with Gasteiger partial charge in [-0.05, 0) is 29.6 Å². The number of hydrogen-bond acceptors (Lipinski definition) is 2. The summed E-state index contributed by atoms with van der Waals surface area (Å²) in [7, 11) is 0. The topological polar surface area (TPSA) is 25.2 Å². The molecule has 2 nitrogen and oxygen atoms in total. The standard InChI is InChI=1S/C17H16FNO/c1-2-19-17(12-9-10-20-11-12)15-7-8-16(18)14-6-4-3-5-13(14)15/h3-11,17,19H,2H2,1H3.